The van der Waals surface area contributed by atoms with Crippen LogP contribution in [-0.4, -0.2) is 26.5 Å². The van der Waals surface area contributed by atoms with E-state index in [9.17, 15) is 14.3 Å². The minimum atomic E-state index is -2.22. The number of carboxylic acid groups (broad SMARTS) is 1. The molecule has 3 atom stereocenters. The van der Waals surface area contributed by atoms with Crippen molar-refractivity contribution < 1.29 is 23.5 Å². The molecule has 216 valence electrons. The van der Waals surface area contributed by atoms with Crippen molar-refractivity contribution in [2.75, 3.05) is 12.4 Å². The zero-order valence-electron chi connectivity index (χ0n) is 24.4. The van der Waals surface area contributed by atoms with Crippen LogP contribution in [-0.2, 0) is 15.8 Å². The molecule has 6 nitrogen and oxygen atoms in total. The van der Waals surface area contributed by atoms with Gasteiger partial charge in [-0.3, -0.25) is 4.79 Å². The fourth-order valence-electron chi connectivity index (χ4n) is 4.41. The number of nitrogens with two attached hydrogens (primary N) is 1. The Kier molecular flexibility index (Phi) is 10.5. The molecule has 0 fully saturated rings. The fourth-order valence-corrected chi connectivity index (χ4v) is 5.73. The summed E-state index contributed by atoms with van der Waals surface area (Å²) in [6.07, 6.45) is 0.454. The largest absolute Gasteiger partial charge is 0.497 e. The Hall–Kier alpha value is -3.20. The minimum Gasteiger partial charge on any atom is -0.497 e. The number of nitrogens with one attached hydrogen (secondary N) is 1. The van der Waals surface area contributed by atoms with Crippen molar-refractivity contribution >= 4 is 20.0 Å². The van der Waals surface area contributed by atoms with Gasteiger partial charge in [-0.2, -0.15) is 0 Å². The van der Waals surface area contributed by atoms with E-state index in [2.05, 4.69) is 39.2 Å². The van der Waals surface area contributed by atoms with Crippen LogP contribution in [0, 0.1) is 11.7 Å². The molecule has 2 unspecified atom stereocenters. The quantitative estimate of drug-likeness (QED) is 0.184. The molecule has 0 radical (unpaired) electrons. The van der Waals surface area contributed by atoms with Gasteiger partial charge in [0, 0.05) is 12.2 Å². The molecule has 3 rings (SSSR count). The first-order valence-corrected chi connectivity index (χ1v) is 16.6. The Labute approximate surface area is 238 Å². The molecule has 0 saturated heterocycles. The van der Waals surface area contributed by atoms with Crippen molar-refractivity contribution in [3.8, 4) is 5.75 Å². The molecule has 0 aliphatic rings. The molecule has 0 heterocycles. The van der Waals surface area contributed by atoms with E-state index in [0.29, 0.717) is 25.1 Å². The van der Waals surface area contributed by atoms with Crippen molar-refractivity contribution in [2.45, 2.75) is 70.4 Å². The van der Waals surface area contributed by atoms with Gasteiger partial charge in [-0.1, -0.05) is 57.2 Å². The minimum absolute atomic E-state index is 0.0413. The maximum Gasteiger partial charge on any atom is 0.308 e. The van der Waals surface area contributed by atoms with Gasteiger partial charge in [-0.05, 0) is 84.1 Å². The highest BCUT2D eigenvalue weighted by molar-refractivity contribution is 6.74. The van der Waals surface area contributed by atoms with E-state index >= 15 is 0 Å². The summed E-state index contributed by atoms with van der Waals surface area (Å²) < 4.78 is 25.9. The summed E-state index contributed by atoms with van der Waals surface area (Å²) in [5, 5.41) is 13.9. The summed E-state index contributed by atoms with van der Waals surface area (Å²) >= 11 is 0. The lowest BCUT2D eigenvalue weighted by atomic mass is 9.87. The summed E-state index contributed by atoms with van der Waals surface area (Å²) in [4.78, 5) is 12.8. The highest BCUT2D eigenvalue weighted by atomic mass is 28.4. The lowest BCUT2D eigenvalue weighted by molar-refractivity contribution is -0.142. The van der Waals surface area contributed by atoms with Gasteiger partial charge in [0.2, 0.25) is 0 Å². The molecule has 3 aromatic carbocycles. The molecule has 0 aromatic heterocycles. The third kappa shape index (κ3) is 8.16. The van der Waals surface area contributed by atoms with Crippen LogP contribution < -0.4 is 15.8 Å². The van der Waals surface area contributed by atoms with Crippen molar-refractivity contribution in [2.24, 2.45) is 11.7 Å². The monoisotopic (exact) mass is 566 g/mol. The van der Waals surface area contributed by atoms with Gasteiger partial charge in [-0.15, -0.1) is 0 Å². The standard InChI is InChI=1S/C32H43FN2O4Si/c1-32(2,3)40(5,6)39-29(23-9-13-25(33)14-10-23)20-19-28(31(36)37)30(24-11-17-27(38-4)18-12-24)35-26-15-7-22(21-34)8-16-26/h7-18,28-30,35H,19-21,34H2,1-6H3,(H,36,37)/t28?,29?,30-/m1/s1. The Morgan fingerprint density at radius 3 is 2.02 bits per heavy atom. The maximum absolute atomic E-state index is 13.8. The number of carboxylic acids is 1. The van der Waals surface area contributed by atoms with E-state index in [1.54, 1.807) is 19.2 Å². The van der Waals surface area contributed by atoms with Crippen LogP contribution in [0.3, 0.4) is 0 Å². The lowest BCUT2D eigenvalue weighted by Crippen LogP contribution is -2.42. The van der Waals surface area contributed by atoms with Gasteiger partial charge in [0.1, 0.15) is 11.6 Å². The van der Waals surface area contributed by atoms with Crippen LogP contribution in [0.25, 0.3) is 0 Å². The number of halogens is 1. The summed E-state index contributed by atoms with van der Waals surface area (Å²) in [5.74, 6) is -1.30. The van der Waals surface area contributed by atoms with Gasteiger partial charge < -0.3 is 25.3 Å². The van der Waals surface area contributed by atoms with Crippen LogP contribution in [0.15, 0.2) is 72.8 Å². The molecule has 0 spiro atoms. The average Bonchev–Trinajstić information content (AvgIpc) is 2.92. The van der Waals surface area contributed by atoms with E-state index in [4.69, 9.17) is 14.9 Å². The van der Waals surface area contributed by atoms with Crippen molar-refractivity contribution in [3.05, 3.63) is 95.3 Å². The predicted molar refractivity (Wildman–Crippen MR) is 161 cm³/mol. The van der Waals surface area contributed by atoms with Gasteiger partial charge in [0.05, 0.1) is 25.2 Å². The molecular weight excluding hydrogens is 523 g/mol. The Morgan fingerprint density at radius 1 is 0.950 bits per heavy atom. The van der Waals surface area contributed by atoms with E-state index in [0.717, 1.165) is 22.4 Å². The first-order valence-electron chi connectivity index (χ1n) is 13.7. The van der Waals surface area contributed by atoms with Crippen LogP contribution in [0.5, 0.6) is 5.75 Å². The topological polar surface area (TPSA) is 93.8 Å². The normalized spacial score (nSPS) is 14.3. The number of anilines is 1. The van der Waals surface area contributed by atoms with Gasteiger partial charge in [0.25, 0.3) is 0 Å². The number of aliphatic carboxylic acids is 1. The summed E-state index contributed by atoms with van der Waals surface area (Å²) in [6.45, 7) is 11.3. The van der Waals surface area contributed by atoms with Crippen LogP contribution in [0.4, 0.5) is 10.1 Å². The molecular formula is C32H43FN2O4Si. The maximum atomic E-state index is 13.8. The predicted octanol–water partition coefficient (Wildman–Crippen LogP) is 7.69. The number of benzene rings is 3. The number of ether oxygens (including phenoxy) is 1. The molecule has 8 heteroatoms. The third-order valence-corrected chi connectivity index (χ3v) is 12.4. The molecule has 0 amide bonds. The molecule has 40 heavy (non-hydrogen) atoms. The second kappa shape index (κ2) is 13.4. The van der Waals surface area contributed by atoms with Crippen molar-refractivity contribution in [1.82, 2.24) is 0 Å². The third-order valence-electron chi connectivity index (χ3n) is 7.93. The molecule has 0 aliphatic carbocycles. The number of hydrogen-bond acceptors (Lipinski definition) is 5. The van der Waals surface area contributed by atoms with E-state index < -0.39 is 26.2 Å². The van der Waals surface area contributed by atoms with Crippen molar-refractivity contribution in [1.29, 1.82) is 0 Å². The molecule has 0 bridgehead atoms. The van der Waals surface area contributed by atoms with Gasteiger partial charge >= 0.3 is 5.97 Å². The number of rotatable bonds is 13. The summed E-state index contributed by atoms with van der Waals surface area (Å²) in [6, 6.07) is 21.0. The Bertz CT molecular complexity index is 1230. The SMILES string of the molecule is COc1ccc([C@@H](Nc2ccc(CN)cc2)C(CCC(O[Si](C)(C)C(C)(C)C)c2ccc(F)cc2)C(=O)O)cc1. The number of carbonyl (C=O) groups is 1. The van der Waals surface area contributed by atoms with E-state index in [1.807, 2.05) is 48.5 Å². The smallest absolute Gasteiger partial charge is 0.308 e. The van der Waals surface area contributed by atoms with Gasteiger partial charge in [0.15, 0.2) is 8.32 Å². The number of methoxy groups -OCH3 is 1. The van der Waals surface area contributed by atoms with Crippen LogP contribution >= 0.6 is 0 Å². The number of hydrogen-bond donors (Lipinski definition) is 3. The lowest BCUT2D eigenvalue weighted by Gasteiger charge is -2.40. The Morgan fingerprint density at radius 2 is 1.52 bits per heavy atom. The fraction of sp³-hybridized carbons (Fsp3) is 0.406. The van der Waals surface area contributed by atoms with Gasteiger partial charge in [-0.25, -0.2) is 4.39 Å². The van der Waals surface area contributed by atoms with Crippen LogP contribution in [0.1, 0.15) is 62.4 Å². The second-order valence-electron chi connectivity index (χ2n) is 11.7. The molecule has 0 aliphatic heterocycles. The van der Waals surface area contributed by atoms with Crippen molar-refractivity contribution in [3.63, 3.8) is 0 Å². The average molecular weight is 567 g/mol. The first kappa shape index (κ1) is 31.3. The molecule has 4 N–H and O–H groups in total. The second-order valence-corrected chi connectivity index (χ2v) is 16.5. The zero-order chi connectivity index (χ0) is 29.5. The highest BCUT2D eigenvalue weighted by Gasteiger charge is 2.40. The van der Waals surface area contributed by atoms with Crippen LogP contribution in [0.2, 0.25) is 18.1 Å². The molecule has 3 aromatic rings. The molecule has 0 saturated carbocycles. The van der Waals surface area contributed by atoms with E-state index in [1.165, 1.54) is 12.1 Å². The highest BCUT2D eigenvalue weighted by Crippen LogP contribution is 2.42. The first-order chi connectivity index (χ1) is 18.8. The summed E-state index contributed by atoms with van der Waals surface area (Å²) in [7, 11) is -0.617. The summed E-state index contributed by atoms with van der Waals surface area (Å²) in [5.41, 5.74) is 9.24. The zero-order valence-corrected chi connectivity index (χ0v) is 25.4. The van der Waals surface area contributed by atoms with E-state index in [-0.39, 0.29) is 17.0 Å². The Balaban J connectivity index is 1.95.